The molecule has 0 radical (unpaired) electrons. The van der Waals surface area contributed by atoms with Crippen molar-refractivity contribution >= 4 is 11.4 Å². The Kier molecular flexibility index (Phi) is 5.50. The average molecular weight is 425 g/mol. The van der Waals surface area contributed by atoms with Gasteiger partial charge in [0.25, 0.3) is 6.43 Å². The molecular weight excluding hydrogens is 404 g/mol. The third kappa shape index (κ3) is 4.30. The van der Waals surface area contributed by atoms with Crippen LogP contribution in [-0.4, -0.2) is 36.0 Å². The number of halogens is 2. The van der Waals surface area contributed by atoms with Gasteiger partial charge in [0.15, 0.2) is 5.78 Å². The maximum atomic E-state index is 13.0. The van der Waals surface area contributed by atoms with Gasteiger partial charge in [0, 0.05) is 43.7 Å². The zero-order chi connectivity index (χ0) is 22.1. The van der Waals surface area contributed by atoms with Gasteiger partial charge in [-0.3, -0.25) is 9.48 Å². The second kappa shape index (κ2) is 8.25. The van der Waals surface area contributed by atoms with E-state index in [2.05, 4.69) is 15.1 Å². The molecule has 0 aliphatic rings. The molecule has 160 valence electrons. The number of hydrogen-bond acceptors (Lipinski definition) is 5. The number of ketones is 1. The minimum atomic E-state index is -2.74. The lowest BCUT2D eigenvalue weighted by Gasteiger charge is -2.14. The molecule has 0 spiro atoms. The molecular formula is C22H21F2N5O2. The van der Waals surface area contributed by atoms with E-state index in [9.17, 15) is 13.6 Å². The maximum absolute atomic E-state index is 13.0. The molecule has 0 aliphatic carbocycles. The van der Waals surface area contributed by atoms with E-state index in [1.165, 1.54) is 18.2 Å². The summed E-state index contributed by atoms with van der Waals surface area (Å²) in [4.78, 5) is 21.2. The first kappa shape index (κ1) is 20.6. The van der Waals surface area contributed by atoms with Crippen LogP contribution in [0, 0.1) is 0 Å². The summed E-state index contributed by atoms with van der Waals surface area (Å²) >= 11 is 0. The van der Waals surface area contributed by atoms with Crippen molar-refractivity contribution in [2.75, 3.05) is 0 Å². The van der Waals surface area contributed by atoms with Crippen LogP contribution in [0.4, 0.5) is 8.78 Å². The van der Waals surface area contributed by atoms with Gasteiger partial charge in [-0.15, -0.1) is 0 Å². The molecule has 0 fully saturated rings. The van der Waals surface area contributed by atoms with E-state index in [0.717, 1.165) is 11.4 Å². The summed E-state index contributed by atoms with van der Waals surface area (Å²) in [6, 6.07) is 7.68. The van der Waals surface area contributed by atoms with E-state index in [1.54, 1.807) is 27.5 Å². The molecule has 0 aromatic carbocycles. The first-order chi connectivity index (χ1) is 14.8. The number of aromatic nitrogens is 5. The van der Waals surface area contributed by atoms with Crippen molar-refractivity contribution in [1.29, 1.82) is 0 Å². The summed E-state index contributed by atoms with van der Waals surface area (Å²) in [5.74, 6) is 0.144. The van der Waals surface area contributed by atoms with Gasteiger partial charge in [0.05, 0.1) is 11.8 Å². The number of carbonyl (C=O) groups is 1. The Labute approximate surface area is 177 Å². The molecule has 0 atom stereocenters. The van der Waals surface area contributed by atoms with E-state index in [4.69, 9.17) is 4.74 Å². The summed E-state index contributed by atoms with van der Waals surface area (Å²) in [5, 5.41) is 4.17. The van der Waals surface area contributed by atoms with E-state index in [0.29, 0.717) is 17.0 Å². The Morgan fingerprint density at radius 2 is 1.97 bits per heavy atom. The number of carbonyl (C=O) groups excluding carboxylic acids is 1. The van der Waals surface area contributed by atoms with Crippen molar-refractivity contribution in [1.82, 2.24) is 24.1 Å². The maximum Gasteiger partial charge on any atom is 0.280 e. The molecule has 0 amide bonds. The number of Topliss-reactive ketones (excluding diaryl/α,β-unsaturated/α-hetero) is 1. The van der Waals surface area contributed by atoms with Gasteiger partial charge in [0.2, 0.25) is 0 Å². The van der Waals surface area contributed by atoms with Crippen molar-refractivity contribution in [3.63, 3.8) is 0 Å². The fraction of sp³-hybridized carbons (Fsp3) is 0.273. The fourth-order valence-corrected chi connectivity index (χ4v) is 3.30. The van der Waals surface area contributed by atoms with E-state index in [-0.39, 0.29) is 24.0 Å². The van der Waals surface area contributed by atoms with Crippen molar-refractivity contribution in [2.24, 2.45) is 7.05 Å². The summed E-state index contributed by atoms with van der Waals surface area (Å²) in [6.45, 7) is 3.77. The van der Waals surface area contributed by atoms with Crippen molar-refractivity contribution in [2.45, 2.75) is 32.8 Å². The number of ether oxygens (including phenoxy) is 1. The first-order valence-electron chi connectivity index (χ1n) is 9.77. The Bertz CT molecular complexity index is 1250. The smallest absolute Gasteiger partial charge is 0.280 e. The van der Waals surface area contributed by atoms with Crippen molar-refractivity contribution in [3.05, 3.63) is 65.9 Å². The third-order valence-corrected chi connectivity index (χ3v) is 4.71. The molecule has 4 aromatic rings. The molecule has 0 bridgehead atoms. The molecule has 4 aromatic heterocycles. The SMILES string of the molecule is CC(C)Oc1cc2nc(-c3ccnn3C)cn2cc1CC(=O)c1cccc(C(F)F)n1. The average Bonchev–Trinajstić information content (AvgIpc) is 3.33. The number of nitrogens with zero attached hydrogens (tertiary/aromatic N) is 5. The van der Waals surface area contributed by atoms with Gasteiger partial charge in [0.1, 0.15) is 28.5 Å². The van der Waals surface area contributed by atoms with Crippen LogP contribution in [0.15, 0.2) is 48.9 Å². The molecule has 4 rings (SSSR count). The molecule has 0 unspecified atom stereocenters. The lowest BCUT2D eigenvalue weighted by Crippen LogP contribution is -2.12. The Morgan fingerprint density at radius 1 is 1.16 bits per heavy atom. The normalized spacial score (nSPS) is 11.6. The Balaban J connectivity index is 1.72. The number of alkyl halides is 2. The van der Waals surface area contributed by atoms with Crippen LogP contribution in [0.5, 0.6) is 5.75 Å². The number of hydrogen-bond donors (Lipinski definition) is 0. The monoisotopic (exact) mass is 425 g/mol. The highest BCUT2D eigenvalue weighted by atomic mass is 19.3. The van der Waals surface area contributed by atoms with Gasteiger partial charge in [-0.25, -0.2) is 18.7 Å². The predicted molar refractivity (Wildman–Crippen MR) is 110 cm³/mol. The topological polar surface area (TPSA) is 74.3 Å². The number of rotatable bonds is 7. The minimum absolute atomic E-state index is 0.00500. The quantitative estimate of drug-likeness (QED) is 0.413. The van der Waals surface area contributed by atoms with Crippen molar-refractivity contribution < 1.29 is 18.3 Å². The van der Waals surface area contributed by atoms with Crippen molar-refractivity contribution in [3.8, 4) is 17.1 Å². The van der Waals surface area contributed by atoms with Gasteiger partial charge >= 0.3 is 0 Å². The molecule has 4 heterocycles. The molecule has 0 N–H and O–H groups in total. The number of fused-ring (bicyclic) bond motifs is 1. The van der Waals surface area contributed by atoms with E-state index >= 15 is 0 Å². The van der Waals surface area contributed by atoms with Crippen LogP contribution < -0.4 is 4.74 Å². The largest absolute Gasteiger partial charge is 0.491 e. The number of imidazole rings is 1. The highest BCUT2D eigenvalue weighted by molar-refractivity contribution is 5.96. The lowest BCUT2D eigenvalue weighted by atomic mass is 10.1. The highest BCUT2D eigenvalue weighted by Gasteiger charge is 2.18. The molecule has 9 heteroatoms. The second-order valence-corrected chi connectivity index (χ2v) is 7.41. The van der Waals surface area contributed by atoms with Crippen LogP contribution in [0.3, 0.4) is 0 Å². The van der Waals surface area contributed by atoms with Crippen LogP contribution in [-0.2, 0) is 13.5 Å². The first-order valence-corrected chi connectivity index (χ1v) is 9.77. The lowest BCUT2D eigenvalue weighted by molar-refractivity contribution is 0.0984. The van der Waals surface area contributed by atoms with Crippen LogP contribution in [0.2, 0.25) is 0 Å². The van der Waals surface area contributed by atoms with Crippen LogP contribution in [0.1, 0.15) is 42.0 Å². The van der Waals surface area contributed by atoms with Gasteiger partial charge in [-0.05, 0) is 32.0 Å². The summed E-state index contributed by atoms with van der Waals surface area (Å²) < 4.78 is 35.4. The highest BCUT2D eigenvalue weighted by Crippen LogP contribution is 2.27. The van der Waals surface area contributed by atoms with Crippen LogP contribution >= 0.6 is 0 Å². The summed E-state index contributed by atoms with van der Waals surface area (Å²) in [7, 11) is 1.83. The summed E-state index contributed by atoms with van der Waals surface area (Å²) in [5.41, 5.74) is 2.42. The van der Waals surface area contributed by atoms with Gasteiger partial charge < -0.3 is 9.14 Å². The summed E-state index contributed by atoms with van der Waals surface area (Å²) in [6.07, 6.45) is 2.40. The van der Waals surface area contributed by atoms with Gasteiger partial charge in [-0.1, -0.05) is 6.07 Å². The second-order valence-electron chi connectivity index (χ2n) is 7.41. The molecule has 0 aliphatic heterocycles. The minimum Gasteiger partial charge on any atom is -0.491 e. The number of pyridine rings is 2. The van der Waals surface area contributed by atoms with Crippen LogP contribution in [0.25, 0.3) is 17.0 Å². The van der Waals surface area contributed by atoms with E-state index in [1.807, 2.05) is 33.2 Å². The van der Waals surface area contributed by atoms with Gasteiger partial charge in [-0.2, -0.15) is 5.10 Å². The molecule has 0 saturated heterocycles. The zero-order valence-electron chi connectivity index (χ0n) is 17.3. The number of aryl methyl sites for hydroxylation is 1. The predicted octanol–water partition coefficient (Wildman–Crippen LogP) is 4.28. The Morgan fingerprint density at radius 3 is 2.65 bits per heavy atom. The third-order valence-electron chi connectivity index (χ3n) is 4.71. The fourth-order valence-electron chi connectivity index (χ4n) is 3.30. The Hall–Kier alpha value is -3.62. The van der Waals surface area contributed by atoms with E-state index < -0.39 is 12.1 Å². The molecule has 7 nitrogen and oxygen atoms in total. The zero-order valence-corrected chi connectivity index (χ0v) is 17.3. The standard InChI is InChI=1S/C22H21F2N5O2/c1-13(2)31-20-10-21-27-17(18-7-8-25-28(18)3)12-29(21)11-14(20)9-19(30)15-5-4-6-16(26-15)22(23)24/h4-8,10-13,22H,9H2,1-3H3. The molecule has 31 heavy (non-hydrogen) atoms. The molecule has 0 saturated carbocycles.